The summed E-state index contributed by atoms with van der Waals surface area (Å²) in [5, 5.41) is 66.7. The smallest absolute Gasteiger partial charge is 0.303 e. The van der Waals surface area contributed by atoms with E-state index in [0.717, 1.165) is 13.8 Å². The normalized spacial score (nSPS) is 14.2. The lowest BCUT2D eigenvalue weighted by Crippen LogP contribution is -2.62. The fourth-order valence-electron chi connectivity index (χ4n) is 12.9. The van der Waals surface area contributed by atoms with Gasteiger partial charge in [0.05, 0.1) is 25.7 Å². The minimum absolute atomic E-state index is 0.170. The summed E-state index contributed by atoms with van der Waals surface area (Å²) in [7, 11) is 0. The van der Waals surface area contributed by atoms with E-state index < -0.39 is 261 Å². The summed E-state index contributed by atoms with van der Waals surface area (Å²) in [5.41, 5.74) is 29.6. The number of primary amides is 4. The Bertz CT molecular complexity index is 4680. The third-order valence-electron chi connectivity index (χ3n) is 19.7. The van der Waals surface area contributed by atoms with Crippen LogP contribution in [0.5, 0.6) is 5.75 Å². The molecule has 46 heteroatoms. The summed E-state index contributed by atoms with van der Waals surface area (Å²) >= 11 is 8.46. The van der Waals surface area contributed by atoms with Crippen molar-refractivity contribution in [2.45, 2.75) is 203 Å². The monoisotopic (exact) mass is 1810 g/mol. The minimum Gasteiger partial charge on any atom is -0.508 e. The highest BCUT2D eigenvalue weighted by atomic mass is 32.1. The number of amides is 18. The summed E-state index contributed by atoms with van der Waals surface area (Å²) in [6, 6.07) is -0.766. The molecule has 0 saturated carbocycles. The molecule has 0 bridgehead atoms. The van der Waals surface area contributed by atoms with Gasteiger partial charge >= 0.3 is 5.97 Å². The number of unbranched alkanes of at least 4 members (excludes halogenated alkanes) is 1. The number of phenols is 1. The van der Waals surface area contributed by atoms with Crippen molar-refractivity contribution in [3.05, 3.63) is 102 Å². The number of aliphatic carboxylic acids is 1. The molecule has 0 saturated heterocycles. The minimum atomic E-state index is -1.93. The zero-order valence-electron chi connectivity index (χ0n) is 70.5. The lowest BCUT2D eigenvalue weighted by Gasteiger charge is -2.29. The fourth-order valence-corrected chi connectivity index (χ4v) is 13.4. The van der Waals surface area contributed by atoms with E-state index in [1.807, 2.05) is 0 Å². The molecular weight excluding hydrogens is 1700 g/mol. The molecule has 127 heavy (non-hydrogen) atoms. The maximum atomic E-state index is 15.3. The van der Waals surface area contributed by atoms with Crippen LogP contribution >= 0.6 is 25.3 Å². The summed E-state index contributed by atoms with van der Waals surface area (Å²) in [6.45, 7) is 4.50. The largest absolute Gasteiger partial charge is 0.508 e. The Balaban J connectivity index is 1.42. The average molecular weight is 1820 g/mol. The molecule has 0 radical (unpaired) electrons. The Kier molecular flexibility index (Phi) is 44.0. The van der Waals surface area contributed by atoms with Gasteiger partial charge in [-0.3, -0.25) is 91.1 Å². The van der Waals surface area contributed by atoms with E-state index in [1.165, 1.54) is 30.5 Å². The van der Waals surface area contributed by atoms with Crippen LogP contribution in [-0.2, 0) is 115 Å². The number of carbonyl (C=O) groups is 19. The number of aromatic nitrogens is 2. The lowest BCUT2D eigenvalue weighted by atomic mass is 9.99. The number of hydrogen-bond acceptors (Lipinski definition) is 25. The first kappa shape index (κ1) is 105. The van der Waals surface area contributed by atoms with Crippen LogP contribution in [0.2, 0.25) is 0 Å². The van der Waals surface area contributed by atoms with Gasteiger partial charge in [0, 0.05) is 97.7 Å². The van der Waals surface area contributed by atoms with Gasteiger partial charge < -0.3 is 133 Å². The first-order chi connectivity index (χ1) is 60.2. The number of nitrogens with one attached hydrogen (secondary N) is 16. The van der Waals surface area contributed by atoms with E-state index >= 15 is 9.59 Å². The Hall–Kier alpha value is -12.9. The number of carbonyl (C=O) groups excluding carboxylic acids is 18. The predicted molar refractivity (Wildman–Crippen MR) is 465 cm³/mol. The number of hydrogen-bond donors (Lipinski definition) is 26. The van der Waals surface area contributed by atoms with Crippen LogP contribution in [0, 0.1) is 5.92 Å². The van der Waals surface area contributed by atoms with E-state index in [1.54, 1.807) is 68.6 Å². The zero-order valence-corrected chi connectivity index (χ0v) is 72.3. The van der Waals surface area contributed by atoms with Gasteiger partial charge in [-0.25, -0.2) is 0 Å². The average Bonchev–Trinajstić information content (AvgIpc) is 1.78. The zero-order chi connectivity index (χ0) is 94.1. The number of rotatable bonds is 58. The number of ether oxygens (including phenoxy) is 1. The van der Waals surface area contributed by atoms with Gasteiger partial charge in [-0.05, 0) is 112 Å². The maximum Gasteiger partial charge on any atom is 0.303 e. The molecule has 2 heterocycles. The van der Waals surface area contributed by atoms with E-state index in [2.05, 4.69) is 110 Å². The number of aromatic hydroxyl groups is 1. The molecule has 29 N–H and O–H groups in total. The maximum absolute atomic E-state index is 15.3. The number of aliphatic hydroxyl groups is 1. The molecule has 0 aliphatic carbocycles. The number of carboxylic acids is 1. The van der Waals surface area contributed by atoms with Crippen molar-refractivity contribution >= 4 is 159 Å². The Labute approximate surface area is 740 Å². The number of nitrogens with two attached hydrogens (primary N) is 5. The lowest BCUT2D eigenvalue weighted by molar-refractivity contribution is -0.139. The topological polar surface area (TPSA) is 724 Å². The van der Waals surface area contributed by atoms with Crippen molar-refractivity contribution in [1.29, 1.82) is 0 Å². The second kappa shape index (κ2) is 53.4. The first-order valence-electron chi connectivity index (χ1n) is 40.8. The van der Waals surface area contributed by atoms with Gasteiger partial charge in [0.2, 0.25) is 106 Å². The highest BCUT2D eigenvalue weighted by Crippen LogP contribution is 2.23. The van der Waals surface area contributed by atoms with Crippen molar-refractivity contribution in [2.75, 3.05) is 44.4 Å². The van der Waals surface area contributed by atoms with Gasteiger partial charge in [-0.1, -0.05) is 62.4 Å². The molecule has 13 atom stereocenters. The van der Waals surface area contributed by atoms with Gasteiger partial charge in [0.25, 0.3) is 0 Å². The van der Waals surface area contributed by atoms with Gasteiger partial charge in [0.1, 0.15) is 84.9 Å². The van der Waals surface area contributed by atoms with Crippen LogP contribution in [0.3, 0.4) is 0 Å². The van der Waals surface area contributed by atoms with Crippen molar-refractivity contribution < 1.29 is 111 Å². The molecule has 0 spiro atoms. The molecule has 44 nitrogen and oxygen atoms in total. The van der Waals surface area contributed by atoms with Gasteiger partial charge in [-0.2, -0.15) is 25.3 Å². The third-order valence-corrected chi connectivity index (χ3v) is 20.4. The second-order valence-electron chi connectivity index (χ2n) is 30.4. The Morgan fingerprint density at radius 2 is 0.858 bits per heavy atom. The SMILES string of the molecule is CC(=O)N[C@@H](CS)C(=O)N[C@@H](CCC(N)=O)C(=O)N[C@H](C(=O)N[C@@H](Cc1c[nH]c2ccccc12)C(=O)N[C@@H](CCC(N)=O)C(=O)N[C@@H](CS)C(=O)N[C@@H](Cc1ccc(O)cc1)C(=O)N[C@@H](Cc1c[nH]c2ccccc12)C(=O)N[C@@H](CCC(C)C)C(=O)N[C@@H](CCC(=O)O)C(=O)N[C@@H](CC(N)=O)C(=O)NCC(=O)NCCOCC(=O)N[C@H](CCCCN)C(N)=O)[C@@H](C)O. The van der Waals surface area contributed by atoms with E-state index in [0.29, 0.717) is 57.9 Å². The molecule has 3 aromatic carbocycles. The van der Waals surface area contributed by atoms with E-state index in [-0.39, 0.29) is 62.7 Å². The predicted octanol–water partition coefficient (Wildman–Crippen LogP) is -5.97. The molecule has 0 aliphatic heterocycles. The van der Waals surface area contributed by atoms with E-state index in [9.17, 15) is 96.8 Å². The quantitative estimate of drug-likeness (QED) is 0.0127. The van der Waals surface area contributed by atoms with Crippen LogP contribution in [0.15, 0.2) is 85.2 Å². The number of H-pyrrole nitrogens is 2. The Morgan fingerprint density at radius 1 is 0.433 bits per heavy atom. The van der Waals surface area contributed by atoms with Crippen LogP contribution in [-0.4, -0.2) is 261 Å². The van der Waals surface area contributed by atoms with Gasteiger partial charge in [0.15, 0.2) is 0 Å². The molecule has 2 aromatic heterocycles. The van der Waals surface area contributed by atoms with Crippen molar-refractivity contribution in [3.8, 4) is 5.75 Å². The first-order valence-corrected chi connectivity index (χ1v) is 42.0. The molecule has 0 unspecified atom stereocenters. The number of benzene rings is 3. The van der Waals surface area contributed by atoms with Gasteiger partial charge in [-0.15, -0.1) is 0 Å². The molecular formula is C81H115N21O23S2. The standard InChI is InChI=1S/C81H115N21O23S2/c1-41(2)16-21-53(72(115)93-56(24-27-68(111)112)73(116)99-60(34-65(85)108)71(114)90-37-66(109)87-29-30-125-38-67(110)92-52(70(86)113)15-9-10-28-82)94-77(120)58(32-45-35-88-50-13-7-5-11-48(45)50)98-76(119)57(31-44-17-19-47(105)20-18-44)97-80(123)62(40-127)101-74(117)54(22-25-63(83)106)95-78(121)59(33-46-36-89-51-14-8-6-12-49(46)51)100-81(124)69(42(3)103)102-75(118)55(23-26-64(84)107)96-79(122)61(39-126)91-43(4)104/h5-8,11-14,17-20,35-36,41-42,52-62,69,88-89,103,105,126-127H,9-10,15-16,21-34,37-40,82H2,1-4H3,(H2,83,106)(H2,84,107)(H2,85,108)(H2,86,113)(H,87,109)(H,90,114)(H,91,104)(H,92,110)(H,93,115)(H,94,120)(H,95,121)(H,96,122)(H,97,123)(H,98,119)(H,99,116)(H,100,124)(H,101,117)(H,102,118)(H,111,112)/t42-,52-,53+,54+,55+,56+,57+,58+,59+,60+,61+,62+,69+/m1/s1. The highest BCUT2D eigenvalue weighted by Gasteiger charge is 2.39. The summed E-state index contributed by atoms with van der Waals surface area (Å²) in [4.78, 5) is 263. The van der Waals surface area contributed by atoms with Crippen LogP contribution in [0.4, 0.5) is 0 Å². The molecule has 5 aromatic rings. The molecule has 694 valence electrons. The molecule has 18 amide bonds. The number of phenolic OH excluding ortho intramolecular Hbond substituents is 1. The van der Waals surface area contributed by atoms with Crippen molar-refractivity contribution in [3.63, 3.8) is 0 Å². The summed E-state index contributed by atoms with van der Waals surface area (Å²) in [6.07, 6.45) is -2.81. The van der Waals surface area contributed by atoms with E-state index in [4.69, 9.17) is 33.4 Å². The molecule has 0 fully saturated rings. The van der Waals surface area contributed by atoms with Crippen LogP contribution in [0.1, 0.15) is 121 Å². The number of aromatic amines is 2. The van der Waals surface area contributed by atoms with Crippen molar-refractivity contribution in [2.24, 2.45) is 34.6 Å². The van der Waals surface area contributed by atoms with Crippen LogP contribution in [0.25, 0.3) is 21.8 Å². The summed E-state index contributed by atoms with van der Waals surface area (Å²) < 4.78 is 5.27. The number of carboxylic acid groups (broad SMARTS) is 1. The second-order valence-corrected chi connectivity index (χ2v) is 31.1. The summed E-state index contributed by atoms with van der Waals surface area (Å²) in [5.74, 6) is -20.7. The fraction of sp³-hybridized carbons (Fsp3) is 0.494. The molecule has 0 aliphatic rings. The Morgan fingerprint density at radius 3 is 1.31 bits per heavy atom. The number of fused-ring (bicyclic) bond motifs is 2. The number of aliphatic hydroxyl groups excluding tert-OH is 1. The number of thiol groups is 2. The number of para-hydroxylation sites is 2. The third kappa shape index (κ3) is 36.6. The highest BCUT2D eigenvalue weighted by molar-refractivity contribution is 7.80. The van der Waals surface area contributed by atoms with Crippen LogP contribution < -0.4 is 103 Å². The molecule has 5 rings (SSSR count). The van der Waals surface area contributed by atoms with Crippen molar-refractivity contribution in [1.82, 2.24) is 84.4 Å².